The number of carbonyl (C=O) groups excluding carboxylic acids is 2. The summed E-state index contributed by atoms with van der Waals surface area (Å²) in [7, 11) is 0. The molecule has 6 nitrogen and oxygen atoms in total. The molecule has 1 aliphatic heterocycles. The van der Waals surface area contributed by atoms with Crippen molar-refractivity contribution in [2.45, 2.75) is 19.0 Å². The first-order valence-electron chi connectivity index (χ1n) is 6.90. The first kappa shape index (κ1) is 14.1. The molecule has 3 amide bonds. The highest BCUT2D eigenvalue weighted by atomic mass is 16.2. The predicted octanol–water partition coefficient (Wildman–Crippen LogP) is 1.63. The molecule has 1 fully saturated rings. The molecular weight excluding hydrogens is 280 g/mol. The zero-order chi connectivity index (χ0) is 15.7. The minimum absolute atomic E-state index is 0.209. The second-order valence-electron chi connectivity index (χ2n) is 5.43. The van der Waals surface area contributed by atoms with Crippen molar-refractivity contribution in [1.29, 1.82) is 0 Å². The number of hydrogen-bond donors (Lipinski definition) is 2. The Morgan fingerprint density at radius 1 is 1.23 bits per heavy atom. The number of urea groups is 1. The molecule has 3 rings (SSSR count). The van der Waals surface area contributed by atoms with Gasteiger partial charge in [0.1, 0.15) is 5.54 Å². The van der Waals surface area contributed by atoms with Gasteiger partial charge in [-0.3, -0.25) is 14.7 Å². The summed E-state index contributed by atoms with van der Waals surface area (Å²) in [4.78, 5) is 30.1. The van der Waals surface area contributed by atoms with Crippen molar-refractivity contribution < 1.29 is 9.59 Å². The summed E-state index contributed by atoms with van der Waals surface area (Å²) < 4.78 is 0. The summed E-state index contributed by atoms with van der Waals surface area (Å²) in [6, 6.07) is 10.2. The summed E-state index contributed by atoms with van der Waals surface area (Å²) in [5.41, 5.74) is 6.70. The fourth-order valence-electron chi connectivity index (χ4n) is 2.50. The van der Waals surface area contributed by atoms with E-state index in [4.69, 9.17) is 5.73 Å². The van der Waals surface area contributed by atoms with Gasteiger partial charge < -0.3 is 11.1 Å². The fraction of sp³-hybridized carbons (Fsp3) is 0.188. The quantitative estimate of drug-likeness (QED) is 0.665. The van der Waals surface area contributed by atoms with Gasteiger partial charge in [-0.1, -0.05) is 18.2 Å². The molecule has 1 aromatic heterocycles. The molecule has 2 heterocycles. The van der Waals surface area contributed by atoms with E-state index in [1.807, 2.05) is 0 Å². The molecule has 6 heteroatoms. The molecule has 112 valence electrons. The zero-order valence-electron chi connectivity index (χ0n) is 12.1. The molecule has 1 aliphatic rings. The second kappa shape index (κ2) is 5.14. The van der Waals surface area contributed by atoms with Crippen LogP contribution in [0.2, 0.25) is 0 Å². The lowest BCUT2D eigenvalue weighted by Gasteiger charge is -2.21. The van der Waals surface area contributed by atoms with Gasteiger partial charge in [-0.05, 0) is 30.7 Å². The minimum atomic E-state index is -1.08. The van der Waals surface area contributed by atoms with Gasteiger partial charge in [0, 0.05) is 23.6 Å². The van der Waals surface area contributed by atoms with Crippen LogP contribution in [0.1, 0.15) is 18.1 Å². The van der Waals surface area contributed by atoms with Gasteiger partial charge in [0.2, 0.25) is 0 Å². The Hall–Kier alpha value is -2.89. The van der Waals surface area contributed by atoms with Gasteiger partial charge in [0.15, 0.2) is 0 Å². The van der Waals surface area contributed by atoms with Gasteiger partial charge in [-0.2, -0.15) is 0 Å². The summed E-state index contributed by atoms with van der Waals surface area (Å²) >= 11 is 0. The Labute approximate surface area is 127 Å². The molecular formula is C16H16N4O2. The van der Waals surface area contributed by atoms with Gasteiger partial charge in [0.05, 0.1) is 6.54 Å². The third kappa shape index (κ3) is 2.28. The van der Waals surface area contributed by atoms with Crippen LogP contribution < -0.4 is 11.1 Å². The Morgan fingerprint density at radius 2 is 1.95 bits per heavy atom. The number of benzene rings is 1. The van der Waals surface area contributed by atoms with Crippen LogP contribution in [0, 0.1) is 0 Å². The highest BCUT2D eigenvalue weighted by molar-refractivity contribution is 6.07. The summed E-state index contributed by atoms with van der Waals surface area (Å²) in [6.45, 7) is 1.90. The number of hydrogen-bond acceptors (Lipinski definition) is 4. The predicted molar refractivity (Wildman–Crippen MR) is 81.5 cm³/mol. The fourth-order valence-corrected chi connectivity index (χ4v) is 2.50. The number of aromatic nitrogens is 1. The van der Waals surface area contributed by atoms with E-state index in [0.29, 0.717) is 11.3 Å². The standard InChI is InChI=1S/C16H16N4O2/c1-16(12-3-2-8-18-9-12)14(21)20(15(22)19-16)10-11-4-6-13(17)7-5-11/h2-9H,10,17H2,1H3,(H,19,22). The molecule has 2 aromatic rings. The van der Waals surface area contributed by atoms with Crippen molar-refractivity contribution in [3.8, 4) is 0 Å². The normalized spacial score (nSPS) is 21.0. The van der Waals surface area contributed by atoms with Crippen LogP contribution in [0.5, 0.6) is 0 Å². The van der Waals surface area contributed by atoms with E-state index in [1.54, 1.807) is 55.7 Å². The third-order valence-corrected chi connectivity index (χ3v) is 3.83. The van der Waals surface area contributed by atoms with Gasteiger partial charge in [-0.15, -0.1) is 0 Å². The van der Waals surface area contributed by atoms with E-state index in [0.717, 1.165) is 5.56 Å². The topological polar surface area (TPSA) is 88.3 Å². The van der Waals surface area contributed by atoms with Crippen molar-refractivity contribution >= 4 is 17.6 Å². The Balaban J connectivity index is 1.87. The van der Waals surface area contributed by atoms with Crippen LogP contribution >= 0.6 is 0 Å². The van der Waals surface area contributed by atoms with Crippen LogP contribution in [-0.4, -0.2) is 21.8 Å². The molecule has 22 heavy (non-hydrogen) atoms. The Bertz CT molecular complexity index is 715. The number of nitrogens with two attached hydrogens (primary N) is 1. The van der Waals surface area contributed by atoms with Crippen molar-refractivity contribution in [2.75, 3.05) is 5.73 Å². The smallest absolute Gasteiger partial charge is 0.325 e. The second-order valence-corrected chi connectivity index (χ2v) is 5.43. The lowest BCUT2D eigenvalue weighted by Crippen LogP contribution is -2.40. The number of imide groups is 1. The monoisotopic (exact) mass is 296 g/mol. The summed E-state index contributed by atoms with van der Waals surface area (Å²) in [5, 5.41) is 2.75. The van der Waals surface area contributed by atoms with E-state index >= 15 is 0 Å². The molecule has 0 aliphatic carbocycles. The van der Waals surface area contributed by atoms with Crippen molar-refractivity contribution in [2.24, 2.45) is 0 Å². The number of nitrogen functional groups attached to an aromatic ring is 1. The van der Waals surface area contributed by atoms with Crippen molar-refractivity contribution in [1.82, 2.24) is 15.2 Å². The van der Waals surface area contributed by atoms with E-state index in [9.17, 15) is 9.59 Å². The van der Waals surface area contributed by atoms with E-state index < -0.39 is 11.6 Å². The maximum Gasteiger partial charge on any atom is 0.325 e. The van der Waals surface area contributed by atoms with Crippen LogP contribution in [0.25, 0.3) is 0 Å². The highest BCUT2D eigenvalue weighted by Gasteiger charge is 2.48. The maximum atomic E-state index is 12.7. The van der Waals surface area contributed by atoms with E-state index in [1.165, 1.54) is 4.90 Å². The summed E-state index contributed by atoms with van der Waals surface area (Å²) in [5.74, 6) is -0.290. The van der Waals surface area contributed by atoms with Crippen LogP contribution in [-0.2, 0) is 16.9 Å². The van der Waals surface area contributed by atoms with Crippen molar-refractivity contribution in [3.63, 3.8) is 0 Å². The molecule has 0 spiro atoms. The van der Waals surface area contributed by atoms with Crippen LogP contribution in [0.4, 0.5) is 10.5 Å². The average Bonchev–Trinajstić information content (AvgIpc) is 2.75. The minimum Gasteiger partial charge on any atom is -0.399 e. The number of rotatable bonds is 3. The van der Waals surface area contributed by atoms with Crippen LogP contribution in [0.3, 0.4) is 0 Å². The molecule has 0 saturated carbocycles. The molecule has 1 saturated heterocycles. The lowest BCUT2D eigenvalue weighted by atomic mass is 9.93. The number of nitrogens with zero attached hydrogens (tertiary/aromatic N) is 2. The van der Waals surface area contributed by atoms with Gasteiger partial charge in [-0.25, -0.2) is 4.79 Å². The van der Waals surface area contributed by atoms with Gasteiger partial charge >= 0.3 is 6.03 Å². The van der Waals surface area contributed by atoms with Crippen molar-refractivity contribution in [3.05, 3.63) is 59.9 Å². The molecule has 0 radical (unpaired) electrons. The molecule has 0 bridgehead atoms. The Kier molecular flexibility index (Phi) is 3.29. The number of pyridine rings is 1. The SMILES string of the molecule is CC1(c2cccnc2)NC(=O)N(Cc2ccc(N)cc2)C1=O. The molecule has 1 atom stereocenters. The first-order chi connectivity index (χ1) is 10.5. The number of amides is 3. The summed E-state index contributed by atoms with van der Waals surface area (Å²) in [6.07, 6.45) is 3.21. The number of nitrogens with one attached hydrogen (secondary N) is 1. The number of carbonyl (C=O) groups is 2. The third-order valence-electron chi connectivity index (χ3n) is 3.83. The highest BCUT2D eigenvalue weighted by Crippen LogP contribution is 2.29. The maximum absolute atomic E-state index is 12.7. The Morgan fingerprint density at radius 3 is 2.59 bits per heavy atom. The average molecular weight is 296 g/mol. The zero-order valence-corrected chi connectivity index (χ0v) is 12.1. The number of anilines is 1. The van der Waals surface area contributed by atoms with E-state index in [2.05, 4.69) is 10.3 Å². The first-order valence-corrected chi connectivity index (χ1v) is 6.90. The molecule has 1 aromatic carbocycles. The van der Waals surface area contributed by atoms with Crippen LogP contribution in [0.15, 0.2) is 48.8 Å². The lowest BCUT2D eigenvalue weighted by molar-refractivity contribution is -0.131. The van der Waals surface area contributed by atoms with E-state index in [-0.39, 0.29) is 12.5 Å². The van der Waals surface area contributed by atoms with Gasteiger partial charge in [0.25, 0.3) is 5.91 Å². The largest absolute Gasteiger partial charge is 0.399 e. The molecule has 3 N–H and O–H groups in total. The molecule has 1 unspecified atom stereocenters.